The van der Waals surface area contributed by atoms with Crippen molar-refractivity contribution >= 4 is 23.3 Å². The summed E-state index contributed by atoms with van der Waals surface area (Å²) in [6.45, 7) is 7.03. The summed E-state index contributed by atoms with van der Waals surface area (Å²) >= 11 is 0. The molecule has 0 amide bonds. The van der Waals surface area contributed by atoms with Crippen LogP contribution in [0.15, 0.2) is 42.5 Å². The predicted octanol–water partition coefficient (Wildman–Crippen LogP) is 4.03. The Bertz CT molecular complexity index is 1190. The highest BCUT2D eigenvalue weighted by Crippen LogP contribution is 2.37. The first-order valence-corrected chi connectivity index (χ1v) is 11.0. The maximum absolute atomic E-state index is 9.01. The van der Waals surface area contributed by atoms with Crippen molar-refractivity contribution in [3.8, 4) is 17.8 Å². The Balaban J connectivity index is 1.44. The summed E-state index contributed by atoms with van der Waals surface area (Å²) in [5, 5.41) is 15.8. The molecule has 9 heteroatoms. The number of benzene rings is 2. The van der Waals surface area contributed by atoms with Gasteiger partial charge >= 0.3 is 6.01 Å². The summed E-state index contributed by atoms with van der Waals surface area (Å²) in [5.74, 6) is 1.90. The molecular formula is C24H25N7O2. The highest BCUT2D eigenvalue weighted by molar-refractivity contribution is 5.67. The van der Waals surface area contributed by atoms with Gasteiger partial charge in [-0.15, -0.1) is 0 Å². The van der Waals surface area contributed by atoms with Gasteiger partial charge < -0.3 is 25.0 Å². The summed E-state index contributed by atoms with van der Waals surface area (Å²) in [7, 11) is 0. The van der Waals surface area contributed by atoms with Crippen LogP contribution in [0.3, 0.4) is 0 Å². The normalized spacial score (nSPS) is 19.4. The van der Waals surface area contributed by atoms with Crippen LogP contribution in [0.5, 0.6) is 11.8 Å². The standard InChI is InChI=1S/C24H25N7O2/c1-15-16(2)26-21-8-5-18(13-20(15)21)27-22-28-23(31-9-11-32-12-10-31)30-24(29-22)33-19-6-3-17(14-25)4-7-19/h3-8,13,15-16,26H,9-12H2,1-2H3,(H,27,28,29,30). The predicted molar refractivity (Wildman–Crippen MR) is 125 cm³/mol. The average molecular weight is 444 g/mol. The Morgan fingerprint density at radius 3 is 2.64 bits per heavy atom. The third-order valence-corrected chi connectivity index (χ3v) is 6.02. The molecule has 1 aromatic heterocycles. The molecule has 0 aliphatic carbocycles. The van der Waals surface area contributed by atoms with Crippen LogP contribution in [0.4, 0.5) is 23.3 Å². The minimum Gasteiger partial charge on any atom is -0.424 e. The number of morpholine rings is 1. The Hall–Kier alpha value is -3.90. The summed E-state index contributed by atoms with van der Waals surface area (Å²) in [6.07, 6.45) is 0. The average Bonchev–Trinajstić information content (AvgIpc) is 3.13. The molecule has 168 valence electrons. The lowest BCUT2D eigenvalue weighted by Crippen LogP contribution is -2.37. The molecule has 0 saturated carbocycles. The van der Waals surface area contributed by atoms with Crippen LogP contribution in [-0.2, 0) is 4.74 Å². The minimum atomic E-state index is 0.184. The first-order valence-electron chi connectivity index (χ1n) is 11.0. The number of aromatic nitrogens is 3. The molecule has 0 bridgehead atoms. The zero-order chi connectivity index (χ0) is 22.8. The van der Waals surface area contributed by atoms with Crippen LogP contribution in [0.1, 0.15) is 30.9 Å². The zero-order valence-corrected chi connectivity index (χ0v) is 18.6. The number of nitrogens with one attached hydrogen (secondary N) is 2. The summed E-state index contributed by atoms with van der Waals surface area (Å²) in [4.78, 5) is 15.7. The van der Waals surface area contributed by atoms with Gasteiger partial charge in [0.2, 0.25) is 11.9 Å². The first kappa shape index (κ1) is 21.0. The second kappa shape index (κ2) is 8.92. The van der Waals surface area contributed by atoms with Gasteiger partial charge in [0.05, 0.1) is 24.8 Å². The van der Waals surface area contributed by atoms with Crippen LogP contribution in [0, 0.1) is 11.3 Å². The van der Waals surface area contributed by atoms with E-state index in [4.69, 9.17) is 14.7 Å². The van der Waals surface area contributed by atoms with Gasteiger partial charge in [-0.3, -0.25) is 0 Å². The third-order valence-electron chi connectivity index (χ3n) is 6.02. The number of ether oxygens (including phenoxy) is 2. The molecule has 2 aromatic carbocycles. The maximum Gasteiger partial charge on any atom is 0.328 e. The second-order valence-electron chi connectivity index (χ2n) is 8.23. The van der Waals surface area contributed by atoms with Gasteiger partial charge in [0.25, 0.3) is 0 Å². The van der Waals surface area contributed by atoms with E-state index in [2.05, 4.69) is 62.5 Å². The van der Waals surface area contributed by atoms with Gasteiger partial charge in [-0.05, 0) is 55.0 Å². The minimum absolute atomic E-state index is 0.184. The largest absolute Gasteiger partial charge is 0.424 e. The molecule has 2 aliphatic rings. The van der Waals surface area contributed by atoms with Gasteiger partial charge in [0.1, 0.15) is 5.75 Å². The molecule has 33 heavy (non-hydrogen) atoms. The lowest BCUT2D eigenvalue weighted by Gasteiger charge is -2.27. The Morgan fingerprint density at radius 1 is 1.09 bits per heavy atom. The van der Waals surface area contributed by atoms with Gasteiger partial charge in [-0.2, -0.15) is 20.2 Å². The van der Waals surface area contributed by atoms with E-state index in [1.807, 2.05) is 6.07 Å². The SMILES string of the molecule is CC1Nc2ccc(Nc3nc(Oc4ccc(C#N)cc4)nc(N4CCOCC4)n3)cc2C1C. The Labute approximate surface area is 192 Å². The van der Waals surface area contributed by atoms with E-state index in [9.17, 15) is 0 Å². The number of anilines is 4. The summed E-state index contributed by atoms with van der Waals surface area (Å²) in [5.41, 5.74) is 3.89. The molecule has 2 aliphatic heterocycles. The molecule has 0 radical (unpaired) electrons. The van der Waals surface area contributed by atoms with Gasteiger partial charge in [0, 0.05) is 36.4 Å². The number of nitrogens with zero attached hydrogens (tertiary/aromatic N) is 5. The van der Waals surface area contributed by atoms with Crippen molar-refractivity contribution in [2.75, 3.05) is 41.8 Å². The van der Waals surface area contributed by atoms with E-state index in [0.717, 1.165) is 11.4 Å². The van der Waals surface area contributed by atoms with Crippen LogP contribution in [0.25, 0.3) is 0 Å². The second-order valence-corrected chi connectivity index (χ2v) is 8.23. The van der Waals surface area contributed by atoms with E-state index in [1.54, 1.807) is 24.3 Å². The maximum atomic E-state index is 9.01. The van der Waals surface area contributed by atoms with Crippen LogP contribution in [0.2, 0.25) is 0 Å². The van der Waals surface area contributed by atoms with Gasteiger partial charge in [-0.1, -0.05) is 6.92 Å². The number of hydrogen-bond donors (Lipinski definition) is 2. The molecule has 3 heterocycles. The fourth-order valence-corrected chi connectivity index (χ4v) is 3.97. The van der Waals surface area contributed by atoms with Crippen molar-refractivity contribution in [3.63, 3.8) is 0 Å². The van der Waals surface area contributed by atoms with E-state index >= 15 is 0 Å². The summed E-state index contributed by atoms with van der Waals surface area (Å²) in [6, 6.07) is 15.7. The van der Waals surface area contributed by atoms with Crippen molar-refractivity contribution in [2.24, 2.45) is 0 Å². The third kappa shape index (κ3) is 4.52. The number of hydrogen-bond acceptors (Lipinski definition) is 9. The topological polar surface area (TPSA) is 108 Å². The quantitative estimate of drug-likeness (QED) is 0.604. The first-order chi connectivity index (χ1) is 16.1. The Morgan fingerprint density at radius 2 is 1.88 bits per heavy atom. The molecule has 3 aromatic rings. The fraction of sp³-hybridized carbons (Fsp3) is 0.333. The highest BCUT2D eigenvalue weighted by Gasteiger charge is 2.25. The summed E-state index contributed by atoms with van der Waals surface area (Å²) < 4.78 is 11.4. The zero-order valence-electron chi connectivity index (χ0n) is 18.6. The number of rotatable bonds is 5. The lowest BCUT2D eigenvalue weighted by molar-refractivity contribution is 0.122. The van der Waals surface area contributed by atoms with E-state index < -0.39 is 0 Å². The molecule has 2 atom stereocenters. The number of fused-ring (bicyclic) bond motifs is 1. The van der Waals surface area contributed by atoms with Crippen LogP contribution in [-0.4, -0.2) is 47.3 Å². The molecule has 2 N–H and O–H groups in total. The molecule has 5 rings (SSSR count). The molecule has 2 unspecified atom stereocenters. The van der Waals surface area contributed by atoms with Crippen molar-refractivity contribution in [1.29, 1.82) is 5.26 Å². The monoisotopic (exact) mass is 443 g/mol. The van der Waals surface area contributed by atoms with E-state index in [1.165, 1.54) is 5.56 Å². The molecule has 9 nitrogen and oxygen atoms in total. The molecule has 1 fully saturated rings. The van der Waals surface area contributed by atoms with E-state index in [-0.39, 0.29) is 6.01 Å². The molecule has 1 saturated heterocycles. The van der Waals surface area contributed by atoms with Crippen molar-refractivity contribution in [1.82, 2.24) is 15.0 Å². The van der Waals surface area contributed by atoms with Crippen LogP contribution < -0.4 is 20.3 Å². The fourth-order valence-electron chi connectivity index (χ4n) is 3.97. The lowest BCUT2D eigenvalue weighted by atomic mass is 9.98. The van der Waals surface area contributed by atoms with Crippen molar-refractivity contribution < 1.29 is 9.47 Å². The molecule has 0 spiro atoms. The van der Waals surface area contributed by atoms with Crippen molar-refractivity contribution in [3.05, 3.63) is 53.6 Å². The highest BCUT2D eigenvalue weighted by atomic mass is 16.5. The Kier molecular flexibility index (Phi) is 5.67. The number of nitriles is 1. The molecular weight excluding hydrogens is 418 g/mol. The van der Waals surface area contributed by atoms with E-state index in [0.29, 0.717) is 61.5 Å². The van der Waals surface area contributed by atoms with Gasteiger partial charge in [0.15, 0.2) is 0 Å². The van der Waals surface area contributed by atoms with Crippen molar-refractivity contribution in [2.45, 2.75) is 25.8 Å². The van der Waals surface area contributed by atoms with Gasteiger partial charge in [-0.25, -0.2) is 0 Å². The smallest absolute Gasteiger partial charge is 0.328 e. The van der Waals surface area contributed by atoms with Crippen LogP contribution >= 0.6 is 0 Å².